The average Bonchev–Trinajstić information content (AvgIpc) is 2.81. The molecule has 1 aliphatic heterocycles. The van der Waals surface area contributed by atoms with Gasteiger partial charge in [0.05, 0.1) is 10.4 Å². The molecule has 24 heavy (non-hydrogen) atoms. The fourth-order valence-corrected chi connectivity index (χ4v) is 4.98. The fraction of sp³-hybridized carbons (Fsp3) is 0.222. The van der Waals surface area contributed by atoms with Crippen LogP contribution in [0.5, 0.6) is 0 Å². The van der Waals surface area contributed by atoms with Crippen LogP contribution < -0.4 is 5.32 Å². The van der Waals surface area contributed by atoms with Crippen molar-refractivity contribution in [2.45, 2.75) is 24.8 Å². The molecule has 3 aromatic rings. The van der Waals surface area contributed by atoms with Gasteiger partial charge in [-0.2, -0.15) is 0 Å². The van der Waals surface area contributed by atoms with Crippen molar-refractivity contribution < 1.29 is 12.8 Å². The molecule has 0 saturated heterocycles. The predicted octanol–water partition coefficient (Wildman–Crippen LogP) is 2.97. The van der Waals surface area contributed by atoms with Gasteiger partial charge in [0.2, 0.25) is 0 Å². The van der Waals surface area contributed by atoms with Crippen molar-refractivity contribution in [2.75, 3.05) is 6.54 Å². The van der Waals surface area contributed by atoms with E-state index < -0.39 is 15.8 Å². The Kier molecular flexibility index (Phi) is 3.47. The van der Waals surface area contributed by atoms with Gasteiger partial charge in [-0.25, -0.2) is 16.8 Å². The van der Waals surface area contributed by atoms with E-state index >= 15 is 0 Å². The van der Waals surface area contributed by atoms with Gasteiger partial charge in [-0.15, -0.1) is 0 Å². The molecule has 4 nitrogen and oxygen atoms in total. The molecule has 0 atom stereocenters. The van der Waals surface area contributed by atoms with Crippen LogP contribution in [0.2, 0.25) is 0 Å². The molecule has 0 aliphatic carbocycles. The average molecular weight is 344 g/mol. The number of aromatic nitrogens is 1. The van der Waals surface area contributed by atoms with E-state index in [9.17, 15) is 12.8 Å². The Morgan fingerprint density at radius 3 is 2.83 bits per heavy atom. The van der Waals surface area contributed by atoms with Crippen LogP contribution in [-0.2, 0) is 23.0 Å². The highest BCUT2D eigenvalue weighted by atomic mass is 32.2. The van der Waals surface area contributed by atoms with E-state index in [1.165, 1.54) is 16.1 Å². The zero-order valence-electron chi connectivity index (χ0n) is 13.2. The molecule has 1 aromatic heterocycles. The first kappa shape index (κ1) is 15.4. The summed E-state index contributed by atoms with van der Waals surface area (Å²) in [6, 6.07) is 9.53. The van der Waals surface area contributed by atoms with E-state index in [0.29, 0.717) is 17.6 Å². The minimum absolute atomic E-state index is 0.00605. The molecular formula is C18H17FN2O2S. The summed E-state index contributed by atoms with van der Waals surface area (Å²) in [5.74, 6) is -0.554. The molecular weight excluding hydrogens is 327 g/mol. The minimum Gasteiger partial charge on any atom is -0.312 e. The lowest BCUT2D eigenvalue weighted by Crippen LogP contribution is -2.16. The second-order valence-corrected chi connectivity index (χ2v) is 7.89. The first-order chi connectivity index (χ1) is 11.5. The van der Waals surface area contributed by atoms with Gasteiger partial charge in [0.1, 0.15) is 5.82 Å². The molecule has 2 heterocycles. The number of halogens is 1. The first-order valence-corrected chi connectivity index (χ1v) is 9.27. The molecule has 4 rings (SSSR count). The lowest BCUT2D eigenvalue weighted by Gasteiger charge is -2.11. The van der Waals surface area contributed by atoms with Crippen molar-refractivity contribution in [2.24, 2.45) is 0 Å². The summed E-state index contributed by atoms with van der Waals surface area (Å²) in [5.41, 5.74) is 3.27. The Morgan fingerprint density at radius 1 is 1.17 bits per heavy atom. The lowest BCUT2D eigenvalue weighted by atomic mass is 10.1. The van der Waals surface area contributed by atoms with Gasteiger partial charge in [0, 0.05) is 18.1 Å². The Labute approximate surface area is 140 Å². The van der Waals surface area contributed by atoms with Gasteiger partial charge in [-0.3, -0.25) is 0 Å². The molecule has 0 bridgehead atoms. The molecule has 0 amide bonds. The standard InChI is InChI=1S/C18H17FN2O2S/c1-12-5-6-15(19)9-17(12)24(22,23)21-11-14-7-8-20-10-13-3-2-4-16(21)18(13)14/h2-6,9,11,20H,7-8,10H2,1H3. The summed E-state index contributed by atoms with van der Waals surface area (Å²) in [6.07, 6.45) is 2.44. The molecule has 0 spiro atoms. The normalized spacial score (nSPS) is 14.8. The highest BCUT2D eigenvalue weighted by Crippen LogP contribution is 2.31. The summed E-state index contributed by atoms with van der Waals surface area (Å²) >= 11 is 0. The summed E-state index contributed by atoms with van der Waals surface area (Å²) < 4.78 is 41.2. The van der Waals surface area contributed by atoms with Crippen molar-refractivity contribution in [3.8, 4) is 0 Å². The van der Waals surface area contributed by atoms with Gasteiger partial charge in [0.15, 0.2) is 0 Å². The lowest BCUT2D eigenvalue weighted by molar-refractivity contribution is 0.583. The van der Waals surface area contributed by atoms with Gasteiger partial charge in [0.25, 0.3) is 10.0 Å². The van der Waals surface area contributed by atoms with Gasteiger partial charge in [-0.05, 0) is 54.8 Å². The van der Waals surface area contributed by atoms with Crippen molar-refractivity contribution in [3.63, 3.8) is 0 Å². The highest BCUT2D eigenvalue weighted by molar-refractivity contribution is 7.90. The van der Waals surface area contributed by atoms with E-state index in [1.54, 1.807) is 19.2 Å². The minimum atomic E-state index is -3.85. The number of aryl methyl sites for hydroxylation is 1. The summed E-state index contributed by atoms with van der Waals surface area (Å²) in [7, 11) is -3.85. The molecule has 0 unspecified atom stereocenters. The van der Waals surface area contributed by atoms with Crippen LogP contribution in [-0.4, -0.2) is 18.9 Å². The largest absolute Gasteiger partial charge is 0.312 e. The maximum Gasteiger partial charge on any atom is 0.268 e. The molecule has 6 heteroatoms. The fourth-order valence-electron chi connectivity index (χ4n) is 3.36. The van der Waals surface area contributed by atoms with Crippen LogP contribution in [0.1, 0.15) is 16.7 Å². The Morgan fingerprint density at radius 2 is 2.00 bits per heavy atom. The SMILES string of the molecule is Cc1ccc(F)cc1S(=O)(=O)n1cc2c3c(cccc31)CNCC2. The quantitative estimate of drug-likeness (QED) is 0.778. The topological polar surface area (TPSA) is 51.1 Å². The van der Waals surface area contributed by atoms with E-state index in [4.69, 9.17) is 0 Å². The monoisotopic (exact) mass is 344 g/mol. The number of hydrogen-bond acceptors (Lipinski definition) is 3. The Balaban J connectivity index is 2.02. The van der Waals surface area contributed by atoms with E-state index in [2.05, 4.69) is 5.32 Å². The Hall–Kier alpha value is -2.18. The second kappa shape index (κ2) is 5.43. The third kappa shape index (κ3) is 2.25. The number of nitrogens with zero attached hydrogens (tertiary/aromatic N) is 1. The number of rotatable bonds is 2. The van der Waals surface area contributed by atoms with Crippen molar-refractivity contribution >= 4 is 20.9 Å². The zero-order valence-corrected chi connectivity index (χ0v) is 14.0. The molecule has 1 N–H and O–H groups in total. The third-order valence-electron chi connectivity index (χ3n) is 4.53. The smallest absolute Gasteiger partial charge is 0.268 e. The number of benzene rings is 2. The van der Waals surface area contributed by atoms with Crippen molar-refractivity contribution in [1.82, 2.24) is 9.29 Å². The third-order valence-corrected chi connectivity index (χ3v) is 6.35. The van der Waals surface area contributed by atoms with Crippen LogP contribution in [0.25, 0.3) is 10.9 Å². The second-order valence-electron chi connectivity index (χ2n) is 6.10. The molecule has 0 radical (unpaired) electrons. The van der Waals surface area contributed by atoms with Crippen LogP contribution in [0, 0.1) is 12.7 Å². The van der Waals surface area contributed by atoms with Gasteiger partial charge in [-0.1, -0.05) is 18.2 Å². The van der Waals surface area contributed by atoms with Crippen LogP contribution in [0.4, 0.5) is 4.39 Å². The summed E-state index contributed by atoms with van der Waals surface area (Å²) in [5, 5.41) is 4.32. The zero-order chi connectivity index (χ0) is 16.9. The van der Waals surface area contributed by atoms with Gasteiger partial charge >= 0.3 is 0 Å². The van der Waals surface area contributed by atoms with Crippen molar-refractivity contribution in [3.05, 3.63) is 65.1 Å². The molecule has 0 saturated carbocycles. The maximum atomic E-state index is 13.6. The summed E-state index contributed by atoms with van der Waals surface area (Å²) in [4.78, 5) is 0.00605. The van der Waals surface area contributed by atoms with Crippen LogP contribution in [0.15, 0.2) is 47.5 Å². The predicted molar refractivity (Wildman–Crippen MR) is 91.1 cm³/mol. The molecule has 2 aromatic carbocycles. The van der Waals surface area contributed by atoms with E-state index in [-0.39, 0.29) is 4.90 Å². The molecule has 124 valence electrons. The highest BCUT2D eigenvalue weighted by Gasteiger charge is 2.25. The first-order valence-electron chi connectivity index (χ1n) is 7.83. The van der Waals surface area contributed by atoms with Crippen molar-refractivity contribution in [1.29, 1.82) is 0 Å². The molecule has 1 aliphatic rings. The summed E-state index contributed by atoms with van der Waals surface area (Å²) in [6.45, 7) is 3.19. The van der Waals surface area contributed by atoms with E-state index in [1.807, 2.05) is 12.1 Å². The van der Waals surface area contributed by atoms with Gasteiger partial charge < -0.3 is 5.32 Å². The maximum absolute atomic E-state index is 13.6. The number of hydrogen-bond donors (Lipinski definition) is 1. The van der Waals surface area contributed by atoms with Crippen LogP contribution >= 0.6 is 0 Å². The Bertz CT molecular complexity index is 1050. The number of nitrogens with one attached hydrogen (secondary N) is 1. The molecule has 0 fully saturated rings. The van der Waals surface area contributed by atoms with Crippen LogP contribution in [0.3, 0.4) is 0 Å². The van der Waals surface area contributed by atoms with E-state index in [0.717, 1.165) is 35.5 Å².